The van der Waals surface area contributed by atoms with Crippen molar-refractivity contribution >= 4 is 29.9 Å². The molecular weight excluding hydrogens is 389 g/mol. The van der Waals surface area contributed by atoms with E-state index in [4.69, 9.17) is 0 Å². The van der Waals surface area contributed by atoms with Gasteiger partial charge in [0.1, 0.15) is 5.82 Å². The van der Waals surface area contributed by atoms with E-state index in [1.54, 1.807) is 54.5 Å². The summed E-state index contributed by atoms with van der Waals surface area (Å²) in [6, 6.07) is 8.31. The van der Waals surface area contributed by atoms with Crippen LogP contribution in [0.2, 0.25) is 0 Å². The Hall–Kier alpha value is -3.95. The minimum absolute atomic E-state index is 0.271. The Morgan fingerprint density at radius 1 is 1.13 bits per heavy atom. The van der Waals surface area contributed by atoms with Crippen LogP contribution in [-0.2, 0) is 11.3 Å². The van der Waals surface area contributed by atoms with Crippen molar-refractivity contribution in [2.75, 3.05) is 14.1 Å². The molecule has 9 nitrogen and oxygen atoms in total. The molecule has 1 aromatic heterocycles. The number of hydrogen-bond donors (Lipinski definition) is 1. The van der Waals surface area contributed by atoms with Crippen molar-refractivity contribution in [1.29, 1.82) is 0 Å². The van der Waals surface area contributed by atoms with Crippen molar-refractivity contribution < 1.29 is 18.6 Å². The largest absolute Gasteiger partial charge is 0.414 e. The molecule has 0 bridgehead atoms. The molecule has 3 amide bonds. The number of rotatable bonds is 4. The number of nitrogens with zero attached hydrogens (tertiary/aromatic N) is 6. The first-order valence-corrected chi connectivity index (χ1v) is 9.16. The summed E-state index contributed by atoms with van der Waals surface area (Å²) in [5.74, 6) is -0.117. The summed E-state index contributed by atoms with van der Waals surface area (Å²) in [6.45, 7) is 0.271. The second kappa shape index (κ2) is 7.82. The third-order valence-corrected chi connectivity index (χ3v) is 4.88. The molecule has 1 fully saturated rings. The molecule has 1 saturated heterocycles. The zero-order valence-electron chi connectivity index (χ0n) is 16.4. The predicted molar refractivity (Wildman–Crippen MR) is 107 cm³/mol. The smallest absolute Gasteiger partial charge is 0.270 e. The highest BCUT2D eigenvalue weighted by atomic mass is 19.1. The first-order valence-electron chi connectivity index (χ1n) is 9.16. The van der Waals surface area contributed by atoms with E-state index in [2.05, 4.69) is 20.5 Å². The molecular formula is C20H19FN7O2+. The summed E-state index contributed by atoms with van der Waals surface area (Å²) < 4.78 is 15.0. The zero-order chi connectivity index (χ0) is 21.3. The van der Waals surface area contributed by atoms with Gasteiger partial charge in [0.25, 0.3) is 5.91 Å². The molecule has 152 valence electrons. The van der Waals surface area contributed by atoms with Crippen molar-refractivity contribution in [1.82, 2.24) is 20.2 Å². The summed E-state index contributed by atoms with van der Waals surface area (Å²) >= 11 is 0. The van der Waals surface area contributed by atoms with E-state index in [0.29, 0.717) is 11.8 Å². The van der Waals surface area contributed by atoms with E-state index < -0.39 is 18.0 Å². The van der Waals surface area contributed by atoms with Crippen LogP contribution < -0.4 is 5.43 Å². The molecule has 2 aliphatic heterocycles. The quantitative estimate of drug-likeness (QED) is 0.464. The van der Waals surface area contributed by atoms with Crippen LogP contribution in [0.5, 0.6) is 0 Å². The Kier molecular flexibility index (Phi) is 5.05. The van der Waals surface area contributed by atoms with Crippen LogP contribution in [0.1, 0.15) is 11.1 Å². The topological polar surface area (TPSA) is 93.3 Å². The van der Waals surface area contributed by atoms with Crippen LogP contribution in [0, 0.1) is 5.82 Å². The fraction of sp³-hybridized carbons (Fsp3) is 0.200. The lowest BCUT2D eigenvalue weighted by molar-refractivity contribution is -0.553. The van der Waals surface area contributed by atoms with Gasteiger partial charge in [-0.3, -0.25) is 19.6 Å². The Bertz CT molecular complexity index is 1080. The van der Waals surface area contributed by atoms with Gasteiger partial charge in [0.2, 0.25) is 11.9 Å². The van der Waals surface area contributed by atoms with Crippen molar-refractivity contribution in [3.05, 3.63) is 65.7 Å². The first kappa shape index (κ1) is 19.4. The number of likely N-dealkylation sites (N-methyl/N-ethyl adjacent to an activating group) is 2. The van der Waals surface area contributed by atoms with E-state index in [1.807, 2.05) is 0 Å². The Balaban J connectivity index is 1.68. The molecule has 30 heavy (non-hydrogen) atoms. The van der Waals surface area contributed by atoms with Crippen molar-refractivity contribution in [2.24, 2.45) is 10.1 Å². The molecule has 0 radical (unpaired) electrons. The monoisotopic (exact) mass is 408 g/mol. The third kappa shape index (κ3) is 3.54. The molecule has 3 heterocycles. The Morgan fingerprint density at radius 3 is 2.53 bits per heavy atom. The first-order chi connectivity index (χ1) is 14.5. The molecule has 0 spiro atoms. The van der Waals surface area contributed by atoms with E-state index in [0.717, 1.165) is 16.0 Å². The van der Waals surface area contributed by atoms with Gasteiger partial charge in [-0.2, -0.15) is 5.43 Å². The highest BCUT2D eigenvalue weighted by Gasteiger charge is 2.51. The molecule has 2 aromatic rings. The number of hydrogen-bond acceptors (Lipinski definition) is 6. The molecule has 1 aromatic carbocycles. The number of amidine groups is 1. The average molecular weight is 408 g/mol. The van der Waals surface area contributed by atoms with Gasteiger partial charge in [0.15, 0.2) is 0 Å². The van der Waals surface area contributed by atoms with Crippen LogP contribution in [0.3, 0.4) is 0 Å². The SMILES string of the molecule is CN1C(=O)C2C(=NC(N/N=C/c3ccncc3)=[N+]2Cc2ccc(F)cc2)N(C)C1=O. The second-order valence-electron chi connectivity index (χ2n) is 6.84. The lowest BCUT2D eigenvalue weighted by Crippen LogP contribution is -2.61. The van der Waals surface area contributed by atoms with Gasteiger partial charge < -0.3 is 0 Å². The molecule has 2 aliphatic rings. The maximum absolute atomic E-state index is 13.3. The number of aliphatic imine (C=N–C) groups is 1. The Morgan fingerprint density at radius 2 is 1.83 bits per heavy atom. The number of guanidine groups is 1. The number of nitrogens with one attached hydrogen (secondary N) is 1. The normalized spacial score (nSPS) is 18.9. The standard InChI is InChI=1S/C20H18FN7O2/c1-26-17-16(18(29)27(2)20(26)30)28(12-14-3-5-15(21)6-4-14)19(24-17)25-23-11-13-7-9-22-10-8-13/h3-11,16H,12H2,1-2H3/p+1/b23-11+. The summed E-state index contributed by atoms with van der Waals surface area (Å²) in [5.41, 5.74) is 4.47. The van der Waals surface area contributed by atoms with E-state index >= 15 is 0 Å². The molecule has 0 aliphatic carbocycles. The number of amides is 3. The Labute approximate surface area is 171 Å². The minimum Gasteiger partial charge on any atom is -0.270 e. The van der Waals surface area contributed by atoms with Crippen LogP contribution in [0.4, 0.5) is 9.18 Å². The predicted octanol–water partition coefficient (Wildman–Crippen LogP) is 1.02. The fourth-order valence-corrected chi connectivity index (χ4v) is 3.25. The third-order valence-electron chi connectivity index (χ3n) is 4.88. The van der Waals surface area contributed by atoms with Gasteiger partial charge in [-0.05, 0) is 35.4 Å². The maximum atomic E-state index is 13.3. The van der Waals surface area contributed by atoms with Crippen LogP contribution >= 0.6 is 0 Å². The molecule has 1 unspecified atom stereocenters. The number of halogens is 1. The average Bonchev–Trinajstić information content (AvgIpc) is 3.11. The lowest BCUT2D eigenvalue weighted by atomic mass is 10.1. The van der Waals surface area contributed by atoms with Crippen molar-refractivity contribution in [3.8, 4) is 0 Å². The van der Waals surface area contributed by atoms with Crippen molar-refractivity contribution in [3.63, 3.8) is 0 Å². The summed E-state index contributed by atoms with van der Waals surface area (Å²) in [7, 11) is 3.00. The maximum Gasteiger partial charge on any atom is 0.414 e. The van der Waals surface area contributed by atoms with E-state index in [1.165, 1.54) is 24.1 Å². The van der Waals surface area contributed by atoms with Gasteiger partial charge in [0, 0.05) is 26.5 Å². The summed E-state index contributed by atoms with van der Waals surface area (Å²) in [4.78, 5) is 36.0. The highest BCUT2D eigenvalue weighted by molar-refractivity contribution is 6.22. The number of carbonyl (C=O) groups excluding carboxylic acids is 2. The van der Waals surface area contributed by atoms with Crippen LogP contribution in [0.15, 0.2) is 58.9 Å². The van der Waals surface area contributed by atoms with Gasteiger partial charge >= 0.3 is 12.0 Å². The number of urea groups is 1. The molecule has 1 N–H and O–H groups in total. The second-order valence-corrected chi connectivity index (χ2v) is 6.84. The van der Waals surface area contributed by atoms with Gasteiger partial charge in [0.05, 0.1) is 12.8 Å². The fourth-order valence-electron chi connectivity index (χ4n) is 3.25. The molecule has 0 saturated carbocycles. The van der Waals surface area contributed by atoms with Gasteiger partial charge in [-0.15, -0.1) is 5.10 Å². The number of benzene rings is 1. The number of hydrazone groups is 1. The van der Waals surface area contributed by atoms with Crippen LogP contribution in [-0.4, -0.2) is 69.4 Å². The summed E-state index contributed by atoms with van der Waals surface area (Å²) in [5, 5.41) is 4.20. The molecule has 4 rings (SSSR count). The number of pyridine rings is 1. The molecule has 1 atom stereocenters. The summed E-state index contributed by atoms with van der Waals surface area (Å²) in [6.07, 6.45) is 4.89. The van der Waals surface area contributed by atoms with Gasteiger partial charge in [-0.25, -0.2) is 13.8 Å². The van der Waals surface area contributed by atoms with Crippen molar-refractivity contribution in [2.45, 2.75) is 12.6 Å². The van der Waals surface area contributed by atoms with Gasteiger partial charge in [-0.1, -0.05) is 17.1 Å². The van der Waals surface area contributed by atoms with E-state index in [9.17, 15) is 14.0 Å². The highest BCUT2D eigenvalue weighted by Crippen LogP contribution is 2.20. The number of aromatic nitrogens is 1. The van der Waals surface area contributed by atoms with E-state index in [-0.39, 0.29) is 12.4 Å². The molecule has 10 heteroatoms. The zero-order valence-corrected chi connectivity index (χ0v) is 16.4. The minimum atomic E-state index is -0.790. The lowest BCUT2D eigenvalue weighted by Gasteiger charge is -2.31. The number of carbonyl (C=O) groups is 2. The number of imide groups is 1. The number of fused-ring (bicyclic) bond motifs is 1. The van der Waals surface area contributed by atoms with Crippen LogP contribution in [0.25, 0.3) is 0 Å².